The Morgan fingerprint density at radius 3 is 2.30 bits per heavy atom. The van der Waals surface area contributed by atoms with Gasteiger partial charge in [0.05, 0.1) is 0 Å². The van der Waals surface area contributed by atoms with Crippen LogP contribution >= 0.6 is 31.9 Å². The second-order valence-electron chi connectivity index (χ2n) is 4.76. The minimum atomic E-state index is 0.412. The van der Waals surface area contributed by atoms with Crippen LogP contribution in [0.25, 0.3) is 0 Å². The molecule has 1 unspecified atom stereocenters. The highest BCUT2D eigenvalue weighted by Crippen LogP contribution is 2.14. The Morgan fingerprint density at radius 2 is 1.70 bits per heavy atom. The van der Waals surface area contributed by atoms with E-state index >= 15 is 0 Å². The Labute approximate surface area is 137 Å². The summed E-state index contributed by atoms with van der Waals surface area (Å²) in [6.07, 6.45) is 3.81. The average molecular weight is 398 g/mol. The Balaban J connectivity index is 2.02. The fourth-order valence-electron chi connectivity index (χ4n) is 2.19. The fourth-order valence-corrected chi connectivity index (χ4v) is 2.69. The van der Waals surface area contributed by atoms with E-state index in [1.165, 1.54) is 5.56 Å². The second kappa shape index (κ2) is 7.91. The zero-order valence-corrected chi connectivity index (χ0v) is 14.6. The first kappa shape index (κ1) is 15.7. The zero-order chi connectivity index (χ0) is 14.4. The molecule has 0 saturated heterocycles. The maximum atomic E-state index is 4.46. The number of halogens is 2. The summed E-state index contributed by atoms with van der Waals surface area (Å²) in [5, 5.41) is 3.55. The minimum absolute atomic E-state index is 0.412. The van der Waals surface area contributed by atoms with Gasteiger partial charge in [0.15, 0.2) is 0 Å². The molecule has 2 nitrogen and oxygen atoms in total. The summed E-state index contributed by atoms with van der Waals surface area (Å²) in [7, 11) is 0. The lowest BCUT2D eigenvalue weighted by Crippen LogP contribution is -2.33. The molecule has 1 aromatic heterocycles. The monoisotopic (exact) mass is 396 g/mol. The molecular weight excluding hydrogens is 380 g/mol. The molecule has 0 aliphatic carbocycles. The molecule has 4 heteroatoms. The van der Waals surface area contributed by atoms with Gasteiger partial charge < -0.3 is 5.32 Å². The van der Waals surface area contributed by atoms with E-state index in [0.717, 1.165) is 34.0 Å². The normalized spacial score (nSPS) is 12.3. The van der Waals surface area contributed by atoms with E-state index in [2.05, 4.69) is 79.4 Å². The van der Waals surface area contributed by atoms with Crippen LogP contribution in [-0.4, -0.2) is 17.6 Å². The Hall–Kier alpha value is -0.710. The Kier molecular flexibility index (Phi) is 6.20. The van der Waals surface area contributed by atoms with E-state index in [1.54, 1.807) is 0 Å². The zero-order valence-electron chi connectivity index (χ0n) is 11.4. The van der Waals surface area contributed by atoms with Gasteiger partial charge in [-0.15, -0.1) is 0 Å². The summed E-state index contributed by atoms with van der Waals surface area (Å²) < 4.78 is 2.14. The van der Waals surface area contributed by atoms with Gasteiger partial charge in [-0.1, -0.05) is 35.0 Å². The second-order valence-corrected chi connectivity index (χ2v) is 6.59. The van der Waals surface area contributed by atoms with Crippen molar-refractivity contribution in [3.8, 4) is 0 Å². The summed E-state index contributed by atoms with van der Waals surface area (Å²) in [6.45, 7) is 3.11. The number of hydrogen-bond donors (Lipinski definition) is 1. The number of benzene rings is 1. The van der Waals surface area contributed by atoms with Gasteiger partial charge in [-0.05, 0) is 58.7 Å². The van der Waals surface area contributed by atoms with Crippen LogP contribution in [0.5, 0.6) is 0 Å². The van der Waals surface area contributed by atoms with Crippen LogP contribution in [0.4, 0.5) is 0 Å². The van der Waals surface area contributed by atoms with Crippen molar-refractivity contribution in [1.29, 1.82) is 0 Å². The predicted molar refractivity (Wildman–Crippen MR) is 91.0 cm³/mol. The highest BCUT2D eigenvalue weighted by molar-refractivity contribution is 9.10. The minimum Gasteiger partial charge on any atom is -0.314 e. The number of rotatable bonds is 6. The van der Waals surface area contributed by atoms with Gasteiger partial charge in [0.25, 0.3) is 0 Å². The van der Waals surface area contributed by atoms with Gasteiger partial charge in [-0.2, -0.15) is 0 Å². The lowest BCUT2D eigenvalue weighted by atomic mass is 10.0. The van der Waals surface area contributed by atoms with Crippen molar-refractivity contribution >= 4 is 31.9 Å². The number of hydrogen-bond acceptors (Lipinski definition) is 2. The summed E-state index contributed by atoms with van der Waals surface area (Å²) in [6, 6.07) is 13.1. The third-order valence-electron chi connectivity index (χ3n) is 3.13. The van der Waals surface area contributed by atoms with E-state index in [9.17, 15) is 0 Å². The standard InChI is InChI=1S/C16H18Br2N2/c1-2-19-16(9-12-3-5-13(17)6-4-12)10-15-8-7-14(18)11-20-15/h3-8,11,16,19H,2,9-10H2,1H3. The van der Waals surface area contributed by atoms with Crippen molar-refractivity contribution in [2.75, 3.05) is 6.54 Å². The average Bonchev–Trinajstić information content (AvgIpc) is 2.44. The van der Waals surface area contributed by atoms with Gasteiger partial charge >= 0.3 is 0 Å². The van der Waals surface area contributed by atoms with Gasteiger partial charge in [-0.3, -0.25) is 4.98 Å². The van der Waals surface area contributed by atoms with Gasteiger partial charge in [0.1, 0.15) is 0 Å². The van der Waals surface area contributed by atoms with Crippen molar-refractivity contribution in [1.82, 2.24) is 10.3 Å². The molecule has 0 saturated carbocycles. The molecule has 1 N–H and O–H groups in total. The molecule has 0 fully saturated rings. The number of likely N-dealkylation sites (N-methyl/N-ethyl adjacent to an activating group) is 1. The molecule has 2 rings (SSSR count). The van der Waals surface area contributed by atoms with E-state index in [0.29, 0.717) is 6.04 Å². The molecule has 0 bridgehead atoms. The molecule has 0 spiro atoms. The third-order valence-corrected chi connectivity index (χ3v) is 4.13. The largest absolute Gasteiger partial charge is 0.314 e. The van der Waals surface area contributed by atoms with Gasteiger partial charge in [-0.25, -0.2) is 0 Å². The first-order valence-electron chi connectivity index (χ1n) is 6.75. The van der Waals surface area contributed by atoms with E-state index in [1.807, 2.05) is 12.3 Å². The highest BCUT2D eigenvalue weighted by atomic mass is 79.9. The summed E-state index contributed by atoms with van der Waals surface area (Å²) >= 11 is 6.89. The SMILES string of the molecule is CCNC(Cc1ccc(Br)cc1)Cc1ccc(Br)cn1. The molecule has 0 aliphatic heterocycles. The van der Waals surface area contributed by atoms with Crippen LogP contribution in [-0.2, 0) is 12.8 Å². The number of pyridine rings is 1. The number of nitrogens with one attached hydrogen (secondary N) is 1. The molecule has 0 aliphatic rings. The number of aromatic nitrogens is 1. The number of nitrogens with zero attached hydrogens (tertiary/aromatic N) is 1. The Morgan fingerprint density at radius 1 is 1.00 bits per heavy atom. The summed E-state index contributed by atoms with van der Waals surface area (Å²) in [5.74, 6) is 0. The molecule has 1 heterocycles. The van der Waals surface area contributed by atoms with Crippen LogP contribution < -0.4 is 5.32 Å². The molecule has 2 aromatic rings. The van der Waals surface area contributed by atoms with Crippen LogP contribution in [0.3, 0.4) is 0 Å². The fraction of sp³-hybridized carbons (Fsp3) is 0.312. The first-order chi connectivity index (χ1) is 9.67. The van der Waals surface area contributed by atoms with Crippen LogP contribution in [0.2, 0.25) is 0 Å². The lowest BCUT2D eigenvalue weighted by molar-refractivity contribution is 0.516. The van der Waals surface area contributed by atoms with Crippen molar-refractivity contribution in [2.45, 2.75) is 25.8 Å². The van der Waals surface area contributed by atoms with Gasteiger partial charge in [0.2, 0.25) is 0 Å². The third kappa shape index (κ3) is 5.00. The quantitative estimate of drug-likeness (QED) is 0.782. The molecule has 20 heavy (non-hydrogen) atoms. The van der Waals surface area contributed by atoms with E-state index in [-0.39, 0.29) is 0 Å². The maximum Gasteiger partial charge on any atom is 0.0420 e. The molecule has 0 amide bonds. The molecule has 106 valence electrons. The van der Waals surface area contributed by atoms with Crippen LogP contribution in [0.15, 0.2) is 51.5 Å². The summed E-state index contributed by atoms with van der Waals surface area (Å²) in [4.78, 5) is 4.46. The summed E-state index contributed by atoms with van der Waals surface area (Å²) in [5.41, 5.74) is 2.47. The molecule has 0 radical (unpaired) electrons. The lowest BCUT2D eigenvalue weighted by Gasteiger charge is -2.17. The first-order valence-corrected chi connectivity index (χ1v) is 8.34. The maximum absolute atomic E-state index is 4.46. The van der Waals surface area contributed by atoms with E-state index < -0.39 is 0 Å². The van der Waals surface area contributed by atoms with Gasteiger partial charge in [0, 0.05) is 33.3 Å². The van der Waals surface area contributed by atoms with Crippen molar-refractivity contribution in [3.63, 3.8) is 0 Å². The predicted octanol–water partition coefficient (Wildman–Crippen LogP) is 4.37. The Bertz CT molecular complexity index is 476. The van der Waals surface area contributed by atoms with Crippen molar-refractivity contribution < 1.29 is 0 Å². The van der Waals surface area contributed by atoms with Crippen LogP contribution in [0, 0.1) is 0 Å². The van der Waals surface area contributed by atoms with E-state index in [4.69, 9.17) is 0 Å². The smallest absolute Gasteiger partial charge is 0.0420 e. The molecular formula is C16H18Br2N2. The molecule has 1 atom stereocenters. The van der Waals surface area contributed by atoms with Crippen molar-refractivity contribution in [3.05, 3.63) is 62.8 Å². The van der Waals surface area contributed by atoms with Crippen molar-refractivity contribution in [2.24, 2.45) is 0 Å². The molecule has 1 aromatic carbocycles. The van der Waals surface area contributed by atoms with Crippen LogP contribution in [0.1, 0.15) is 18.2 Å². The topological polar surface area (TPSA) is 24.9 Å². The highest BCUT2D eigenvalue weighted by Gasteiger charge is 2.10.